The molecule has 0 spiro atoms. The first-order valence-corrected chi connectivity index (χ1v) is 16.5. The zero-order valence-corrected chi connectivity index (χ0v) is 26.7. The first kappa shape index (κ1) is 30.2. The molecule has 0 fully saturated rings. The number of carbonyl (C=O) groups is 2. The van der Waals surface area contributed by atoms with Crippen molar-refractivity contribution in [1.82, 2.24) is 19.9 Å². The van der Waals surface area contributed by atoms with Crippen molar-refractivity contribution in [2.75, 3.05) is 0 Å². The van der Waals surface area contributed by atoms with Crippen LogP contribution in [0.1, 0.15) is 66.7 Å². The van der Waals surface area contributed by atoms with Crippen molar-refractivity contribution in [3.63, 3.8) is 0 Å². The standard InChI is InChI=1S/C41H36N4O2/c1-3-5-8-18-31(4-2)45-40(46)34-20-13-19-32-33(25-26-35(36(32)34)41(45)47)39-43-37(29-16-11-7-12-17-29)42-38(44-39)30-23-21-28(22-24-30)27-14-9-6-10-15-27/h6-7,9-17,19-26,31H,3-5,8,18H2,1-2H3. The molecule has 0 N–H and O–H groups in total. The molecule has 1 atom stereocenters. The molecule has 0 radical (unpaired) electrons. The minimum Gasteiger partial charge on any atom is -0.271 e. The van der Waals surface area contributed by atoms with E-state index in [-0.39, 0.29) is 17.9 Å². The fourth-order valence-electron chi connectivity index (χ4n) is 6.57. The molecule has 232 valence electrons. The van der Waals surface area contributed by atoms with Gasteiger partial charge in [0.2, 0.25) is 0 Å². The summed E-state index contributed by atoms with van der Waals surface area (Å²) in [6.45, 7) is 4.21. The molecule has 1 aliphatic heterocycles. The molecule has 0 saturated heterocycles. The number of hydrogen-bond acceptors (Lipinski definition) is 5. The summed E-state index contributed by atoms with van der Waals surface area (Å²) in [6.07, 6.45) is 4.70. The van der Waals surface area contributed by atoms with Crippen LogP contribution >= 0.6 is 0 Å². The number of amides is 2. The van der Waals surface area contributed by atoms with E-state index in [2.05, 4.69) is 31.2 Å². The number of unbranched alkanes of at least 4 members (excludes halogenated alkanes) is 2. The van der Waals surface area contributed by atoms with Gasteiger partial charge in [-0.2, -0.15) is 0 Å². The summed E-state index contributed by atoms with van der Waals surface area (Å²) in [7, 11) is 0. The number of hydrogen-bond donors (Lipinski definition) is 0. The van der Waals surface area contributed by atoms with Gasteiger partial charge in [-0.1, -0.05) is 130 Å². The fraction of sp³-hybridized carbons (Fsp3) is 0.195. The minimum atomic E-state index is -0.228. The van der Waals surface area contributed by atoms with E-state index < -0.39 is 0 Å². The van der Waals surface area contributed by atoms with Gasteiger partial charge >= 0.3 is 0 Å². The average Bonchev–Trinajstić information content (AvgIpc) is 3.13. The molecule has 2 amide bonds. The van der Waals surface area contributed by atoms with Crippen LogP contribution in [0.4, 0.5) is 0 Å². The van der Waals surface area contributed by atoms with Gasteiger partial charge in [-0.3, -0.25) is 14.5 Å². The van der Waals surface area contributed by atoms with Gasteiger partial charge in [-0.25, -0.2) is 15.0 Å². The van der Waals surface area contributed by atoms with Crippen LogP contribution in [0.25, 0.3) is 56.1 Å². The van der Waals surface area contributed by atoms with Crippen molar-refractivity contribution in [2.45, 2.75) is 52.0 Å². The molecule has 6 heteroatoms. The quantitative estimate of drug-likeness (QED) is 0.113. The van der Waals surface area contributed by atoms with E-state index in [1.54, 1.807) is 0 Å². The molecule has 0 saturated carbocycles. The van der Waals surface area contributed by atoms with Crippen LogP contribution in [0.15, 0.2) is 115 Å². The summed E-state index contributed by atoms with van der Waals surface area (Å²) >= 11 is 0. The highest BCUT2D eigenvalue weighted by Gasteiger charge is 2.37. The largest absolute Gasteiger partial charge is 0.271 e. The van der Waals surface area contributed by atoms with E-state index in [1.165, 1.54) is 4.90 Å². The third-order valence-electron chi connectivity index (χ3n) is 9.07. The van der Waals surface area contributed by atoms with E-state index in [1.807, 2.05) is 97.9 Å². The predicted molar refractivity (Wildman–Crippen MR) is 188 cm³/mol. The minimum absolute atomic E-state index is 0.127. The van der Waals surface area contributed by atoms with Crippen LogP contribution in [0, 0.1) is 0 Å². The van der Waals surface area contributed by atoms with Crippen LogP contribution in [0.3, 0.4) is 0 Å². The molecule has 7 rings (SSSR count). The second kappa shape index (κ2) is 13.1. The summed E-state index contributed by atoms with van der Waals surface area (Å²) in [5, 5.41) is 1.44. The maximum absolute atomic E-state index is 14.0. The van der Waals surface area contributed by atoms with E-state index in [4.69, 9.17) is 15.0 Å². The Morgan fingerprint density at radius 1 is 0.532 bits per heavy atom. The van der Waals surface area contributed by atoms with Crippen molar-refractivity contribution >= 4 is 22.6 Å². The highest BCUT2D eigenvalue weighted by Crippen LogP contribution is 2.38. The number of carbonyl (C=O) groups excluding carboxylic acids is 2. The maximum atomic E-state index is 14.0. The first-order valence-electron chi connectivity index (χ1n) is 16.5. The van der Waals surface area contributed by atoms with Crippen LogP contribution in [0.5, 0.6) is 0 Å². The van der Waals surface area contributed by atoms with Crippen molar-refractivity contribution < 1.29 is 9.59 Å². The SMILES string of the molecule is CCCCCC(CC)N1C(=O)c2cccc3c(-c4nc(-c5ccccc5)nc(-c5ccc(-c6ccccc6)cc5)n4)ccc(c23)C1=O. The molecular formula is C41H36N4O2. The molecular weight excluding hydrogens is 580 g/mol. The normalized spacial score (nSPS) is 13.3. The molecule has 1 aromatic heterocycles. The van der Waals surface area contributed by atoms with Crippen LogP contribution in [-0.4, -0.2) is 37.7 Å². The number of aromatic nitrogens is 3. The Hall–Kier alpha value is -5.49. The number of rotatable bonds is 10. The number of benzene rings is 5. The molecule has 5 aromatic carbocycles. The first-order chi connectivity index (χ1) is 23.1. The molecule has 47 heavy (non-hydrogen) atoms. The van der Waals surface area contributed by atoms with Crippen molar-refractivity contribution in [1.29, 1.82) is 0 Å². The lowest BCUT2D eigenvalue weighted by molar-refractivity contribution is 0.0524. The second-order valence-electron chi connectivity index (χ2n) is 12.0. The lowest BCUT2D eigenvalue weighted by Crippen LogP contribution is -2.46. The van der Waals surface area contributed by atoms with Crippen LogP contribution in [0.2, 0.25) is 0 Å². The lowest BCUT2D eigenvalue weighted by atomic mass is 9.89. The predicted octanol–water partition coefficient (Wildman–Crippen LogP) is 9.65. The Morgan fingerprint density at radius 2 is 1.06 bits per heavy atom. The number of nitrogens with zero attached hydrogens (tertiary/aromatic N) is 4. The molecule has 0 bridgehead atoms. The van der Waals surface area contributed by atoms with Gasteiger partial charge in [-0.15, -0.1) is 0 Å². The summed E-state index contributed by atoms with van der Waals surface area (Å²) in [6, 6.07) is 37.6. The van der Waals surface area contributed by atoms with Gasteiger partial charge in [0.15, 0.2) is 17.5 Å². The summed E-state index contributed by atoms with van der Waals surface area (Å²) < 4.78 is 0. The van der Waals surface area contributed by atoms with Crippen molar-refractivity contribution in [3.05, 3.63) is 126 Å². The highest BCUT2D eigenvalue weighted by molar-refractivity contribution is 6.27. The van der Waals surface area contributed by atoms with Crippen molar-refractivity contribution in [3.8, 4) is 45.3 Å². The lowest BCUT2D eigenvalue weighted by Gasteiger charge is -2.33. The zero-order chi connectivity index (χ0) is 32.3. The van der Waals surface area contributed by atoms with Gasteiger partial charge < -0.3 is 0 Å². The topological polar surface area (TPSA) is 76.1 Å². The zero-order valence-electron chi connectivity index (χ0n) is 26.7. The van der Waals surface area contributed by atoms with Gasteiger partial charge in [-0.05, 0) is 47.6 Å². The molecule has 2 heterocycles. The van der Waals surface area contributed by atoms with Crippen LogP contribution < -0.4 is 0 Å². The summed E-state index contributed by atoms with van der Waals surface area (Å²) in [5.41, 5.74) is 5.81. The van der Waals surface area contributed by atoms with E-state index in [9.17, 15) is 9.59 Å². The summed E-state index contributed by atoms with van der Waals surface area (Å²) in [4.78, 5) is 44.3. The Labute approximate surface area is 275 Å². The molecule has 1 unspecified atom stereocenters. The molecule has 6 aromatic rings. The monoisotopic (exact) mass is 616 g/mol. The van der Waals surface area contributed by atoms with Gasteiger partial charge in [0, 0.05) is 39.2 Å². The average molecular weight is 617 g/mol. The van der Waals surface area contributed by atoms with E-state index >= 15 is 0 Å². The van der Waals surface area contributed by atoms with Gasteiger partial charge in [0.25, 0.3) is 11.8 Å². The van der Waals surface area contributed by atoms with Gasteiger partial charge in [0.1, 0.15) is 0 Å². The molecule has 1 aliphatic rings. The summed E-state index contributed by atoms with van der Waals surface area (Å²) in [5.74, 6) is 1.12. The second-order valence-corrected chi connectivity index (χ2v) is 12.0. The third kappa shape index (κ3) is 5.72. The Bertz CT molecular complexity index is 2050. The Balaban J connectivity index is 1.34. The number of imide groups is 1. The Kier molecular flexibility index (Phi) is 8.40. The van der Waals surface area contributed by atoms with E-state index in [0.717, 1.165) is 65.3 Å². The van der Waals surface area contributed by atoms with Gasteiger partial charge in [0.05, 0.1) is 0 Å². The maximum Gasteiger partial charge on any atom is 0.261 e. The Morgan fingerprint density at radius 3 is 1.70 bits per heavy atom. The van der Waals surface area contributed by atoms with Crippen molar-refractivity contribution in [2.24, 2.45) is 0 Å². The molecule has 0 aliphatic carbocycles. The fourth-order valence-corrected chi connectivity index (χ4v) is 6.57. The third-order valence-corrected chi connectivity index (χ3v) is 9.07. The highest BCUT2D eigenvalue weighted by atomic mass is 16.2. The van der Waals surface area contributed by atoms with Crippen LogP contribution in [-0.2, 0) is 0 Å². The molecule has 6 nitrogen and oxygen atoms in total. The van der Waals surface area contributed by atoms with E-state index in [0.29, 0.717) is 34.0 Å². The smallest absolute Gasteiger partial charge is 0.261 e.